The standard InChI is InChI=1S/C11H16S/c1-4-6-10-8-9(3)12-11(10)7-5-2/h6-8H,4-5H2,1-3H3/b10-6-,11-7+. The zero-order valence-electron chi connectivity index (χ0n) is 8.05. The third kappa shape index (κ3) is 2.21. The molecule has 0 aliphatic heterocycles. The zero-order chi connectivity index (χ0) is 8.97. The predicted octanol–water partition coefficient (Wildman–Crippen LogP) is 2.44. The summed E-state index contributed by atoms with van der Waals surface area (Å²) in [5.41, 5.74) is 0. The molecule has 1 heteroatoms. The van der Waals surface area contributed by atoms with Crippen molar-refractivity contribution in [2.75, 3.05) is 0 Å². The Labute approximate surface area is 78.2 Å². The first-order valence-corrected chi connectivity index (χ1v) is 5.36. The quantitative estimate of drug-likeness (QED) is 0.656. The van der Waals surface area contributed by atoms with Gasteiger partial charge in [-0.3, -0.25) is 0 Å². The Bertz CT molecular complexity index is 310. The molecule has 12 heavy (non-hydrogen) atoms. The molecule has 0 N–H and O–H groups in total. The van der Waals surface area contributed by atoms with E-state index in [-0.39, 0.29) is 0 Å². The summed E-state index contributed by atoms with van der Waals surface area (Å²) in [6, 6.07) is 2.27. The molecule has 0 unspecified atom stereocenters. The van der Waals surface area contributed by atoms with Crippen LogP contribution in [0.4, 0.5) is 0 Å². The number of thiophene rings is 1. The van der Waals surface area contributed by atoms with Crippen LogP contribution in [0.2, 0.25) is 0 Å². The van der Waals surface area contributed by atoms with Gasteiger partial charge in [-0.15, -0.1) is 11.3 Å². The molecule has 1 aromatic heterocycles. The van der Waals surface area contributed by atoms with E-state index in [0.717, 1.165) is 12.8 Å². The third-order valence-corrected chi connectivity index (χ3v) is 2.79. The lowest BCUT2D eigenvalue weighted by molar-refractivity contribution is 1.27. The molecule has 1 rings (SSSR count). The zero-order valence-corrected chi connectivity index (χ0v) is 8.87. The summed E-state index contributed by atoms with van der Waals surface area (Å²) in [6.07, 6.45) is 6.86. The van der Waals surface area contributed by atoms with Crippen molar-refractivity contribution in [2.45, 2.75) is 33.6 Å². The van der Waals surface area contributed by atoms with Crippen LogP contribution in [0.3, 0.4) is 0 Å². The Balaban J connectivity index is 3.27. The topological polar surface area (TPSA) is 0 Å². The van der Waals surface area contributed by atoms with Crippen molar-refractivity contribution >= 4 is 23.5 Å². The third-order valence-electron chi connectivity index (χ3n) is 1.73. The fraction of sp³-hybridized carbons (Fsp3) is 0.455. The average molecular weight is 180 g/mol. The summed E-state index contributed by atoms with van der Waals surface area (Å²) in [5.74, 6) is 0. The molecule has 0 aromatic carbocycles. The normalized spacial score (nSPS) is 14.2. The van der Waals surface area contributed by atoms with E-state index in [2.05, 4.69) is 39.0 Å². The maximum atomic E-state index is 2.30. The summed E-state index contributed by atoms with van der Waals surface area (Å²) in [4.78, 5) is 1.41. The highest BCUT2D eigenvalue weighted by Crippen LogP contribution is 1.96. The summed E-state index contributed by atoms with van der Waals surface area (Å²) in [5, 5.41) is 1.42. The van der Waals surface area contributed by atoms with Gasteiger partial charge >= 0.3 is 0 Å². The van der Waals surface area contributed by atoms with Gasteiger partial charge in [0.05, 0.1) is 0 Å². The van der Waals surface area contributed by atoms with Crippen LogP contribution >= 0.6 is 11.3 Å². The predicted molar refractivity (Wildman–Crippen MR) is 57.8 cm³/mol. The first-order chi connectivity index (χ1) is 5.77. The van der Waals surface area contributed by atoms with Crippen molar-refractivity contribution in [2.24, 2.45) is 0 Å². The summed E-state index contributed by atoms with van der Waals surface area (Å²) in [7, 11) is 0. The Hall–Kier alpha value is -0.560. The molecule has 0 spiro atoms. The van der Waals surface area contributed by atoms with Crippen molar-refractivity contribution in [3.05, 3.63) is 20.7 Å². The smallest absolute Gasteiger partial charge is 0.0302 e. The van der Waals surface area contributed by atoms with E-state index >= 15 is 0 Å². The van der Waals surface area contributed by atoms with Crippen molar-refractivity contribution in [1.29, 1.82) is 0 Å². The van der Waals surface area contributed by atoms with Gasteiger partial charge in [0.1, 0.15) is 0 Å². The van der Waals surface area contributed by atoms with Crippen molar-refractivity contribution in [3.63, 3.8) is 0 Å². The van der Waals surface area contributed by atoms with Crippen LogP contribution in [0.15, 0.2) is 6.07 Å². The van der Waals surface area contributed by atoms with Gasteiger partial charge < -0.3 is 0 Å². The molecule has 1 heterocycles. The fourth-order valence-electron chi connectivity index (χ4n) is 1.28. The van der Waals surface area contributed by atoms with Gasteiger partial charge in [-0.05, 0) is 31.1 Å². The van der Waals surface area contributed by atoms with Gasteiger partial charge in [-0.25, -0.2) is 0 Å². The Morgan fingerprint density at radius 2 is 1.92 bits per heavy atom. The molecule has 0 fully saturated rings. The molecule has 0 aliphatic rings. The fourth-order valence-corrected chi connectivity index (χ4v) is 2.32. The summed E-state index contributed by atoms with van der Waals surface area (Å²) >= 11 is 1.89. The molecule has 0 atom stereocenters. The highest BCUT2D eigenvalue weighted by Gasteiger charge is 1.90. The molecule has 0 aliphatic carbocycles. The first kappa shape index (κ1) is 9.53. The molecule has 0 radical (unpaired) electrons. The summed E-state index contributed by atoms with van der Waals surface area (Å²) in [6.45, 7) is 6.54. The van der Waals surface area contributed by atoms with Gasteiger partial charge in [0, 0.05) is 9.41 Å². The van der Waals surface area contributed by atoms with Crippen LogP contribution in [0.1, 0.15) is 31.6 Å². The summed E-state index contributed by atoms with van der Waals surface area (Å²) < 4.78 is 1.44. The largest absolute Gasteiger partial charge is 0.141 e. The van der Waals surface area contributed by atoms with E-state index in [9.17, 15) is 0 Å². The monoisotopic (exact) mass is 180 g/mol. The lowest BCUT2D eigenvalue weighted by Crippen LogP contribution is -2.16. The van der Waals surface area contributed by atoms with E-state index in [1.54, 1.807) is 0 Å². The first-order valence-electron chi connectivity index (χ1n) is 4.54. The van der Waals surface area contributed by atoms with E-state index in [4.69, 9.17) is 0 Å². The van der Waals surface area contributed by atoms with Gasteiger partial charge in [0.25, 0.3) is 0 Å². The van der Waals surface area contributed by atoms with Gasteiger partial charge in [0.2, 0.25) is 0 Å². The van der Waals surface area contributed by atoms with Crippen LogP contribution in [-0.2, 0) is 0 Å². The lowest BCUT2D eigenvalue weighted by atomic mass is 10.3. The second kappa shape index (κ2) is 4.46. The van der Waals surface area contributed by atoms with Crippen molar-refractivity contribution < 1.29 is 0 Å². The average Bonchev–Trinajstić information content (AvgIpc) is 2.33. The van der Waals surface area contributed by atoms with E-state index in [1.165, 1.54) is 14.6 Å². The van der Waals surface area contributed by atoms with Crippen LogP contribution in [0.5, 0.6) is 0 Å². The van der Waals surface area contributed by atoms with Crippen molar-refractivity contribution in [3.8, 4) is 0 Å². The van der Waals surface area contributed by atoms with E-state index in [0.29, 0.717) is 0 Å². The van der Waals surface area contributed by atoms with E-state index in [1.807, 2.05) is 11.3 Å². The second-order valence-corrected chi connectivity index (χ2v) is 4.19. The second-order valence-electron chi connectivity index (χ2n) is 2.90. The number of aryl methyl sites for hydroxylation is 1. The highest BCUT2D eigenvalue weighted by molar-refractivity contribution is 7.09. The molecule has 0 nitrogen and oxygen atoms in total. The minimum atomic E-state index is 1.13. The molecular weight excluding hydrogens is 164 g/mol. The molecule has 0 saturated carbocycles. The Morgan fingerprint density at radius 1 is 1.25 bits per heavy atom. The number of hydrogen-bond donors (Lipinski definition) is 0. The SMILES string of the molecule is CC/C=c1/cc(C)s/c1=C/CC. The maximum Gasteiger partial charge on any atom is 0.0302 e. The minimum absolute atomic E-state index is 1.13. The van der Waals surface area contributed by atoms with E-state index < -0.39 is 0 Å². The van der Waals surface area contributed by atoms with Crippen LogP contribution in [0, 0.1) is 6.92 Å². The Kier molecular flexibility index (Phi) is 3.54. The van der Waals surface area contributed by atoms with Crippen LogP contribution in [-0.4, -0.2) is 0 Å². The highest BCUT2D eigenvalue weighted by atomic mass is 32.1. The molecule has 0 saturated heterocycles. The lowest BCUT2D eigenvalue weighted by Gasteiger charge is -1.78. The molecular formula is C11H16S. The molecule has 66 valence electrons. The Morgan fingerprint density at radius 3 is 2.50 bits per heavy atom. The van der Waals surface area contributed by atoms with Crippen LogP contribution in [0.25, 0.3) is 12.2 Å². The van der Waals surface area contributed by atoms with Crippen LogP contribution < -0.4 is 9.75 Å². The van der Waals surface area contributed by atoms with Gasteiger partial charge in [-0.1, -0.05) is 26.0 Å². The maximum absolute atomic E-state index is 2.30. The van der Waals surface area contributed by atoms with Gasteiger partial charge in [0.15, 0.2) is 0 Å². The van der Waals surface area contributed by atoms with Crippen molar-refractivity contribution in [1.82, 2.24) is 0 Å². The number of hydrogen-bond acceptors (Lipinski definition) is 1. The number of rotatable bonds is 2. The molecule has 1 aromatic rings. The molecule has 0 bridgehead atoms. The van der Waals surface area contributed by atoms with Gasteiger partial charge in [-0.2, -0.15) is 0 Å². The molecule has 0 amide bonds. The minimum Gasteiger partial charge on any atom is -0.141 e.